The molecule has 1 heterocycles. The molecule has 0 radical (unpaired) electrons. The molecule has 15 heteroatoms. The first-order valence-electron chi connectivity index (χ1n) is 20.2. The third-order valence-corrected chi connectivity index (χ3v) is 9.69. The number of aliphatic hydroxyl groups excluding tert-OH is 1. The van der Waals surface area contributed by atoms with Crippen molar-refractivity contribution in [3.63, 3.8) is 0 Å². The number of ether oxygens (including phenoxy) is 1. The molecule has 1 unspecified atom stereocenters. The molecule has 59 heavy (non-hydrogen) atoms. The summed E-state index contributed by atoms with van der Waals surface area (Å²) >= 11 is 0. The number of aliphatic hydroxyl groups is 1. The van der Waals surface area contributed by atoms with E-state index in [0.717, 1.165) is 35.6 Å². The number of carbonyl (C=O) groups excluding carboxylic acids is 5. The molecular weight excluding hydrogens is 763 g/mol. The van der Waals surface area contributed by atoms with Crippen LogP contribution in [0.4, 0.5) is 4.39 Å². The Balaban J connectivity index is 2.16. The standard InChI is InChI=1S/C44H63FN4O10/c1-27(2)39(42(55)46-37(25-32-23-33(45)26-34(51)24-32)43(56)49-22-14-18-36(48-49)44(57)58)47-41(54)35(21-20-31(7)50)40(53)30(6)17-12-10-8-9-11-15-29(5)16-13-19-38(52)59-28(3)4/h8-10,12-13,16,19,23-24,26-28,30,35-37,39-40,48,51,53H,11,14-15,17-18,20-22,25H2,1-7H3,(H,46,55)(H,47,54)(H,57,58)/b9-8+,12-10+,19-13+,29-16+/t30-,35+,36?,37-,39-,40+/m0/s1. The Bertz CT molecular complexity index is 1700. The number of carboxylic acids is 1. The van der Waals surface area contributed by atoms with Crippen LogP contribution >= 0.6 is 0 Å². The van der Waals surface area contributed by atoms with Crippen molar-refractivity contribution in [2.24, 2.45) is 17.8 Å². The molecule has 1 aliphatic rings. The number of amides is 3. The minimum atomic E-state index is -1.36. The van der Waals surface area contributed by atoms with Gasteiger partial charge in [0.05, 0.1) is 18.1 Å². The average Bonchev–Trinajstić information content (AvgIpc) is 3.14. The number of hydrazine groups is 1. The number of nitrogens with one attached hydrogen (secondary N) is 3. The number of hydrogen-bond donors (Lipinski definition) is 6. The molecule has 14 nitrogen and oxygen atoms in total. The first kappa shape index (κ1) is 50.0. The molecular formula is C44H63FN4O10. The van der Waals surface area contributed by atoms with Crippen LogP contribution in [0.1, 0.15) is 99.0 Å². The topological polar surface area (TPSA) is 212 Å². The number of phenols is 1. The van der Waals surface area contributed by atoms with Crippen LogP contribution < -0.4 is 16.1 Å². The molecule has 3 amide bonds. The maximum absolute atomic E-state index is 14.2. The van der Waals surface area contributed by atoms with Gasteiger partial charge < -0.3 is 35.5 Å². The SMILES string of the molecule is CC(=O)CC[C@@H](C(=O)N[C@H](C(=O)N[C@@H](Cc1cc(O)cc(F)c1)C(=O)N1CCCC(C(=O)O)N1)C(C)C)[C@H](O)[C@@H](C)C/C=C/C=C/CC/C(C)=C/C=C/C(=O)OC(C)C. The zero-order valence-corrected chi connectivity index (χ0v) is 35.3. The number of esters is 1. The van der Waals surface area contributed by atoms with Crippen LogP contribution in [0.25, 0.3) is 0 Å². The monoisotopic (exact) mass is 826 g/mol. The number of aromatic hydroxyl groups is 1. The van der Waals surface area contributed by atoms with Crippen molar-refractivity contribution < 1.29 is 53.2 Å². The van der Waals surface area contributed by atoms with E-state index in [0.29, 0.717) is 12.8 Å². The fourth-order valence-corrected chi connectivity index (χ4v) is 6.41. The van der Waals surface area contributed by atoms with Crippen LogP contribution in [-0.2, 0) is 39.9 Å². The van der Waals surface area contributed by atoms with E-state index < -0.39 is 83.2 Å². The van der Waals surface area contributed by atoms with Gasteiger partial charge in [0.1, 0.15) is 35.5 Å². The lowest BCUT2D eigenvalue weighted by Gasteiger charge is -2.35. The van der Waals surface area contributed by atoms with Gasteiger partial charge in [0.25, 0.3) is 5.91 Å². The third kappa shape index (κ3) is 18.5. The number of benzene rings is 1. The van der Waals surface area contributed by atoms with Gasteiger partial charge in [-0.15, -0.1) is 0 Å². The highest BCUT2D eigenvalue weighted by Gasteiger charge is 2.37. The number of Topliss-reactive ketones (excluding diaryl/α,β-unsaturated/α-hetero) is 1. The molecule has 1 aromatic carbocycles. The van der Waals surface area contributed by atoms with E-state index in [9.17, 15) is 48.5 Å². The molecule has 6 atom stereocenters. The number of phenolic OH excluding ortho intramolecular Hbond substituents is 1. The fraction of sp³-hybridized carbons (Fsp3) is 0.545. The van der Waals surface area contributed by atoms with Gasteiger partial charge in [0.15, 0.2) is 0 Å². The van der Waals surface area contributed by atoms with Gasteiger partial charge in [-0.2, -0.15) is 0 Å². The number of carboxylic acid groups (broad SMARTS) is 1. The minimum Gasteiger partial charge on any atom is -0.508 e. The second kappa shape index (κ2) is 25.4. The van der Waals surface area contributed by atoms with Crippen molar-refractivity contribution in [2.75, 3.05) is 6.54 Å². The molecule has 0 saturated carbocycles. The number of rotatable bonds is 23. The largest absolute Gasteiger partial charge is 0.508 e. The summed E-state index contributed by atoms with van der Waals surface area (Å²) in [5, 5.41) is 37.4. The minimum absolute atomic E-state index is 0.0158. The van der Waals surface area contributed by atoms with Crippen molar-refractivity contribution >= 4 is 35.4 Å². The first-order valence-corrected chi connectivity index (χ1v) is 20.2. The highest BCUT2D eigenvalue weighted by molar-refractivity contribution is 5.93. The lowest BCUT2D eigenvalue weighted by Crippen LogP contribution is -2.62. The normalized spacial score (nSPS) is 17.6. The molecule has 6 N–H and O–H groups in total. The number of aliphatic carboxylic acids is 1. The van der Waals surface area contributed by atoms with Crippen LogP contribution in [0, 0.1) is 23.6 Å². The van der Waals surface area contributed by atoms with E-state index in [1.807, 2.05) is 37.3 Å². The van der Waals surface area contributed by atoms with Gasteiger partial charge in [0, 0.05) is 31.5 Å². The number of carbonyl (C=O) groups is 6. The van der Waals surface area contributed by atoms with Crippen LogP contribution in [0.5, 0.6) is 5.75 Å². The highest BCUT2D eigenvalue weighted by atomic mass is 19.1. The van der Waals surface area contributed by atoms with Crippen molar-refractivity contribution in [2.45, 2.75) is 130 Å². The maximum Gasteiger partial charge on any atom is 0.330 e. The molecule has 1 aliphatic heterocycles. The summed E-state index contributed by atoms with van der Waals surface area (Å²) in [6.45, 7) is 12.2. The Morgan fingerprint density at radius 1 is 0.966 bits per heavy atom. The molecule has 0 aromatic heterocycles. The number of halogens is 1. The summed E-state index contributed by atoms with van der Waals surface area (Å²) in [5.41, 5.74) is 3.93. The van der Waals surface area contributed by atoms with Crippen LogP contribution in [0.2, 0.25) is 0 Å². The molecule has 0 bridgehead atoms. The molecule has 326 valence electrons. The highest BCUT2D eigenvalue weighted by Crippen LogP contribution is 2.23. The van der Waals surface area contributed by atoms with E-state index in [4.69, 9.17) is 4.74 Å². The van der Waals surface area contributed by atoms with Gasteiger partial charge >= 0.3 is 11.9 Å². The third-order valence-electron chi connectivity index (χ3n) is 9.69. The maximum atomic E-state index is 14.2. The zero-order chi connectivity index (χ0) is 44.2. The first-order chi connectivity index (χ1) is 27.8. The Hall–Kier alpha value is -5.15. The van der Waals surface area contributed by atoms with E-state index >= 15 is 0 Å². The summed E-state index contributed by atoms with van der Waals surface area (Å²) < 4.78 is 19.3. The zero-order valence-electron chi connectivity index (χ0n) is 35.3. The van der Waals surface area contributed by atoms with Crippen LogP contribution in [0.15, 0.2) is 66.3 Å². The number of allylic oxidation sites excluding steroid dienone is 7. The van der Waals surface area contributed by atoms with Gasteiger partial charge in [-0.05, 0) is 95.8 Å². The molecule has 1 fully saturated rings. The van der Waals surface area contributed by atoms with Crippen molar-refractivity contribution in [3.05, 3.63) is 77.7 Å². The number of ketones is 1. The summed E-state index contributed by atoms with van der Waals surface area (Å²) in [6, 6.07) is -0.374. The number of nitrogens with zero attached hydrogens (tertiary/aromatic N) is 1. The molecule has 2 rings (SSSR count). The fourth-order valence-electron chi connectivity index (χ4n) is 6.41. The summed E-state index contributed by atoms with van der Waals surface area (Å²) in [7, 11) is 0. The summed E-state index contributed by atoms with van der Waals surface area (Å²) in [4.78, 5) is 76.9. The van der Waals surface area contributed by atoms with Crippen LogP contribution in [0.3, 0.4) is 0 Å². The average molecular weight is 827 g/mol. The van der Waals surface area contributed by atoms with Crippen molar-refractivity contribution in [1.82, 2.24) is 21.1 Å². The Morgan fingerprint density at radius 2 is 1.66 bits per heavy atom. The Labute approximate surface area is 347 Å². The Kier molecular flexibility index (Phi) is 21.5. The van der Waals surface area contributed by atoms with Crippen LogP contribution in [-0.4, -0.2) is 92.7 Å². The van der Waals surface area contributed by atoms with Gasteiger partial charge in [0.2, 0.25) is 11.8 Å². The Morgan fingerprint density at radius 3 is 2.29 bits per heavy atom. The second-order valence-corrected chi connectivity index (χ2v) is 15.8. The van der Waals surface area contributed by atoms with Crippen molar-refractivity contribution in [3.8, 4) is 5.75 Å². The van der Waals surface area contributed by atoms with E-state index in [2.05, 4.69) is 16.1 Å². The molecule has 1 aromatic rings. The van der Waals surface area contributed by atoms with E-state index in [-0.39, 0.29) is 49.7 Å². The smallest absolute Gasteiger partial charge is 0.330 e. The number of hydrogen-bond acceptors (Lipinski definition) is 10. The van der Waals surface area contributed by atoms with Gasteiger partial charge in [-0.1, -0.05) is 62.8 Å². The van der Waals surface area contributed by atoms with E-state index in [1.165, 1.54) is 19.1 Å². The van der Waals surface area contributed by atoms with Crippen molar-refractivity contribution in [1.29, 1.82) is 0 Å². The quantitative estimate of drug-likeness (QED) is 0.0491. The van der Waals surface area contributed by atoms with Gasteiger partial charge in [-0.25, -0.2) is 14.6 Å². The second-order valence-electron chi connectivity index (χ2n) is 15.8. The summed E-state index contributed by atoms with van der Waals surface area (Å²) in [5.74, 6) is -6.98. The predicted octanol–water partition coefficient (Wildman–Crippen LogP) is 5.00. The molecule has 0 spiro atoms. The lowest BCUT2D eigenvalue weighted by molar-refractivity contribution is -0.149. The molecule has 0 aliphatic carbocycles. The van der Waals surface area contributed by atoms with Gasteiger partial charge in [-0.3, -0.25) is 24.2 Å². The van der Waals surface area contributed by atoms with E-state index in [1.54, 1.807) is 40.7 Å². The molecule has 1 saturated heterocycles. The predicted molar refractivity (Wildman–Crippen MR) is 221 cm³/mol. The lowest BCUT2D eigenvalue weighted by atomic mass is 9.85. The summed E-state index contributed by atoms with van der Waals surface area (Å²) in [6.07, 6.45) is 13.5.